The largest absolute Gasteiger partial charge is 0.398 e. The van der Waals surface area contributed by atoms with Gasteiger partial charge >= 0.3 is 0 Å². The summed E-state index contributed by atoms with van der Waals surface area (Å²) in [5, 5.41) is 0. The molecular weight excluding hydrogens is 254 g/mol. The lowest BCUT2D eigenvalue weighted by Crippen LogP contribution is -2.27. The number of benzene rings is 1. The predicted molar refractivity (Wildman–Crippen MR) is 65.2 cm³/mol. The predicted octanol–water partition coefficient (Wildman–Crippen LogP) is 1.54. The molecule has 0 atom stereocenters. The van der Waals surface area contributed by atoms with Gasteiger partial charge in [0.15, 0.2) is 11.6 Å². The second kappa shape index (κ2) is 5.05. The highest BCUT2D eigenvalue weighted by atomic mass is 19.2. The Kier molecular flexibility index (Phi) is 3.46. The monoisotopic (exact) mass is 266 g/mol. The average molecular weight is 266 g/mol. The number of nitrogens with one attached hydrogen (secondary N) is 1. The fraction of sp³-hybridized carbons (Fsp3) is 0.167. The number of aromatic nitrogens is 2. The maximum absolute atomic E-state index is 13.1. The Morgan fingerprint density at radius 1 is 1.42 bits per heavy atom. The van der Waals surface area contributed by atoms with E-state index in [0.29, 0.717) is 5.82 Å². The van der Waals surface area contributed by atoms with E-state index in [0.717, 1.165) is 12.1 Å². The number of hydrogen-bond acceptors (Lipinski definition) is 3. The van der Waals surface area contributed by atoms with Crippen LogP contribution in [0.3, 0.4) is 0 Å². The quantitative estimate of drug-likeness (QED) is 0.827. The SMILES string of the molecule is CN(Cc1ncc[nH]1)C(=O)c1cc(F)c(F)cc1N. The van der Waals surface area contributed by atoms with Gasteiger partial charge in [-0.2, -0.15) is 0 Å². The van der Waals surface area contributed by atoms with Gasteiger partial charge in [0.05, 0.1) is 12.1 Å². The van der Waals surface area contributed by atoms with Crippen molar-refractivity contribution in [2.45, 2.75) is 6.54 Å². The zero-order chi connectivity index (χ0) is 14.0. The van der Waals surface area contributed by atoms with Gasteiger partial charge in [0.25, 0.3) is 5.91 Å². The number of nitrogens with zero attached hydrogens (tertiary/aromatic N) is 2. The molecule has 1 amide bonds. The van der Waals surface area contributed by atoms with Gasteiger partial charge in [-0.1, -0.05) is 0 Å². The van der Waals surface area contributed by atoms with Gasteiger partial charge in [0.1, 0.15) is 5.82 Å². The van der Waals surface area contributed by atoms with Crippen molar-refractivity contribution in [3.63, 3.8) is 0 Å². The Hall–Kier alpha value is -2.44. The van der Waals surface area contributed by atoms with Crippen molar-refractivity contribution >= 4 is 11.6 Å². The molecule has 0 unspecified atom stereocenters. The molecule has 1 aromatic carbocycles. The molecular formula is C12H12F2N4O. The summed E-state index contributed by atoms with van der Waals surface area (Å²) in [5.41, 5.74) is 5.35. The lowest BCUT2D eigenvalue weighted by atomic mass is 10.1. The van der Waals surface area contributed by atoms with E-state index < -0.39 is 17.5 Å². The molecule has 0 saturated carbocycles. The summed E-state index contributed by atoms with van der Waals surface area (Å²) in [6.45, 7) is 0.213. The van der Waals surface area contributed by atoms with Crippen LogP contribution in [0.25, 0.3) is 0 Å². The molecule has 100 valence electrons. The van der Waals surface area contributed by atoms with E-state index >= 15 is 0 Å². The summed E-state index contributed by atoms with van der Waals surface area (Å²) in [6.07, 6.45) is 3.18. The number of H-pyrrole nitrogens is 1. The topological polar surface area (TPSA) is 75.0 Å². The average Bonchev–Trinajstić information content (AvgIpc) is 2.85. The number of halogens is 2. The number of imidazole rings is 1. The van der Waals surface area contributed by atoms with Crippen molar-refractivity contribution in [2.24, 2.45) is 0 Å². The summed E-state index contributed by atoms with van der Waals surface area (Å²) in [6, 6.07) is 1.59. The first-order chi connectivity index (χ1) is 8.99. The van der Waals surface area contributed by atoms with E-state index in [2.05, 4.69) is 9.97 Å². The number of anilines is 1. The molecule has 1 aromatic heterocycles. The number of amides is 1. The molecule has 1 heterocycles. The zero-order valence-electron chi connectivity index (χ0n) is 10.2. The first-order valence-electron chi connectivity index (χ1n) is 5.47. The Bertz CT molecular complexity index is 598. The molecule has 5 nitrogen and oxygen atoms in total. The van der Waals surface area contributed by atoms with Crippen molar-refractivity contribution in [1.29, 1.82) is 0 Å². The summed E-state index contributed by atoms with van der Waals surface area (Å²) in [7, 11) is 1.52. The Labute approximate surface area is 108 Å². The molecule has 2 aromatic rings. The highest BCUT2D eigenvalue weighted by Gasteiger charge is 2.18. The van der Waals surface area contributed by atoms with Crippen LogP contribution in [0.1, 0.15) is 16.2 Å². The van der Waals surface area contributed by atoms with Gasteiger partial charge in [-0.3, -0.25) is 4.79 Å². The number of nitrogen functional groups attached to an aromatic ring is 1. The van der Waals surface area contributed by atoms with Crippen molar-refractivity contribution in [3.8, 4) is 0 Å². The van der Waals surface area contributed by atoms with Crippen LogP contribution in [0.4, 0.5) is 14.5 Å². The van der Waals surface area contributed by atoms with Crippen molar-refractivity contribution < 1.29 is 13.6 Å². The van der Waals surface area contributed by atoms with E-state index in [4.69, 9.17) is 5.73 Å². The van der Waals surface area contributed by atoms with E-state index in [1.807, 2.05) is 0 Å². The number of carbonyl (C=O) groups is 1. The van der Waals surface area contributed by atoms with Crippen LogP contribution in [0.5, 0.6) is 0 Å². The maximum Gasteiger partial charge on any atom is 0.256 e. The molecule has 0 spiro atoms. The molecule has 0 radical (unpaired) electrons. The molecule has 0 aliphatic rings. The maximum atomic E-state index is 13.1. The second-order valence-electron chi connectivity index (χ2n) is 4.05. The van der Waals surface area contributed by atoms with Gasteiger partial charge < -0.3 is 15.6 Å². The first kappa shape index (κ1) is 13.0. The molecule has 0 aliphatic heterocycles. The molecule has 2 rings (SSSR count). The highest BCUT2D eigenvalue weighted by Crippen LogP contribution is 2.18. The Morgan fingerprint density at radius 3 is 2.74 bits per heavy atom. The fourth-order valence-electron chi connectivity index (χ4n) is 1.63. The lowest BCUT2D eigenvalue weighted by molar-refractivity contribution is 0.0782. The van der Waals surface area contributed by atoms with Crippen LogP contribution in [-0.4, -0.2) is 27.8 Å². The van der Waals surface area contributed by atoms with E-state index in [1.54, 1.807) is 12.4 Å². The van der Waals surface area contributed by atoms with Crippen LogP contribution in [-0.2, 0) is 6.54 Å². The van der Waals surface area contributed by atoms with Crippen molar-refractivity contribution in [1.82, 2.24) is 14.9 Å². The lowest BCUT2D eigenvalue weighted by Gasteiger charge is -2.17. The van der Waals surface area contributed by atoms with Crippen LogP contribution >= 0.6 is 0 Å². The molecule has 0 aliphatic carbocycles. The molecule has 7 heteroatoms. The summed E-state index contributed by atoms with van der Waals surface area (Å²) < 4.78 is 26.1. The highest BCUT2D eigenvalue weighted by molar-refractivity contribution is 5.98. The van der Waals surface area contributed by atoms with Gasteiger partial charge in [-0.05, 0) is 6.07 Å². The minimum absolute atomic E-state index is 0.0760. The summed E-state index contributed by atoms with van der Waals surface area (Å²) >= 11 is 0. The number of aromatic amines is 1. The first-order valence-corrected chi connectivity index (χ1v) is 5.47. The third kappa shape index (κ3) is 2.70. The molecule has 0 saturated heterocycles. The van der Waals surface area contributed by atoms with Crippen LogP contribution in [0.15, 0.2) is 24.5 Å². The number of rotatable bonds is 3. The van der Waals surface area contributed by atoms with E-state index in [1.165, 1.54) is 11.9 Å². The normalized spacial score (nSPS) is 10.5. The Balaban J connectivity index is 2.21. The van der Waals surface area contributed by atoms with Gasteiger partial charge in [0, 0.05) is 31.2 Å². The Morgan fingerprint density at radius 2 is 2.11 bits per heavy atom. The number of carbonyl (C=O) groups excluding carboxylic acids is 1. The van der Waals surface area contributed by atoms with Gasteiger partial charge in [-0.15, -0.1) is 0 Å². The van der Waals surface area contributed by atoms with E-state index in [9.17, 15) is 13.6 Å². The molecule has 0 bridgehead atoms. The molecule has 3 N–H and O–H groups in total. The minimum Gasteiger partial charge on any atom is -0.398 e. The van der Waals surface area contributed by atoms with Crippen LogP contribution in [0.2, 0.25) is 0 Å². The summed E-state index contributed by atoms with van der Waals surface area (Å²) in [4.78, 5) is 20.2. The number of hydrogen-bond donors (Lipinski definition) is 2. The van der Waals surface area contributed by atoms with Gasteiger partial charge in [0.2, 0.25) is 0 Å². The van der Waals surface area contributed by atoms with Gasteiger partial charge in [-0.25, -0.2) is 13.8 Å². The zero-order valence-corrected chi connectivity index (χ0v) is 10.2. The van der Waals surface area contributed by atoms with Crippen molar-refractivity contribution in [2.75, 3.05) is 12.8 Å². The molecule has 0 fully saturated rings. The van der Waals surface area contributed by atoms with Crippen LogP contribution in [0, 0.1) is 11.6 Å². The molecule has 19 heavy (non-hydrogen) atoms. The minimum atomic E-state index is -1.11. The third-order valence-corrected chi connectivity index (χ3v) is 2.61. The van der Waals surface area contributed by atoms with Crippen molar-refractivity contribution in [3.05, 3.63) is 47.5 Å². The smallest absolute Gasteiger partial charge is 0.256 e. The second-order valence-corrected chi connectivity index (χ2v) is 4.05. The fourth-order valence-corrected chi connectivity index (χ4v) is 1.63. The van der Waals surface area contributed by atoms with Crippen LogP contribution < -0.4 is 5.73 Å². The third-order valence-electron chi connectivity index (χ3n) is 2.61. The van der Waals surface area contributed by atoms with E-state index in [-0.39, 0.29) is 17.8 Å². The summed E-state index contributed by atoms with van der Waals surface area (Å²) in [5.74, 6) is -2.11. The standard InChI is InChI=1S/C12H12F2N4O/c1-18(6-11-16-2-3-17-11)12(19)7-4-8(13)9(14)5-10(7)15/h2-5H,6,15H2,1H3,(H,16,17). The number of nitrogens with two attached hydrogens (primary N) is 1.